The van der Waals surface area contributed by atoms with E-state index in [1.807, 2.05) is 0 Å². The number of primary amides is 2. The molecule has 4 N–H and O–H groups in total. The van der Waals surface area contributed by atoms with Crippen molar-refractivity contribution in [1.29, 1.82) is 0 Å². The Hall–Kier alpha value is 1.39. The lowest BCUT2D eigenvalue weighted by Gasteiger charge is -2.12. The first kappa shape index (κ1) is 38.4. The van der Waals surface area contributed by atoms with Gasteiger partial charge in [0.1, 0.15) is 0 Å². The molecule has 4 nitrogen and oxygen atoms in total. The lowest BCUT2D eigenvalue weighted by atomic mass is 10.1. The summed E-state index contributed by atoms with van der Waals surface area (Å²) in [5.41, 5.74) is 11.2. The number of hydrogen-bond donors (Lipinski definition) is 2. The molecule has 0 saturated carbocycles. The van der Waals surface area contributed by atoms with Gasteiger partial charge in [-0.05, 0) is 62.0 Å². The van der Waals surface area contributed by atoms with E-state index in [0.717, 1.165) is 25.7 Å². The highest BCUT2D eigenvalue weighted by atomic mass is 33.9. The van der Waals surface area contributed by atoms with Crippen LogP contribution in [0, 0.1) is 0 Å². The highest BCUT2D eigenvalue weighted by Crippen LogP contribution is 2.56. The molecule has 0 spiro atoms. The van der Waals surface area contributed by atoms with Crippen molar-refractivity contribution >= 4 is 82.5 Å². The summed E-state index contributed by atoms with van der Waals surface area (Å²) in [6, 6.07) is 0. The fraction of sp³-hybridized carbons (Fsp3) is 0.923. The van der Waals surface area contributed by atoms with Gasteiger partial charge in [-0.1, -0.05) is 151 Å². The molecule has 0 fully saturated rings. The molecule has 0 rings (SSSR count). The third kappa shape index (κ3) is 27.3. The number of hydrogen-bond acceptors (Lipinski definition) is 9. The minimum atomic E-state index is -0.207. The summed E-state index contributed by atoms with van der Waals surface area (Å²) in [6.45, 7) is 4.50. The number of carbonyl (C=O) groups is 2. The fourth-order valence-electron chi connectivity index (χ4n) is 3.92. The topological polar surface area (TPSA) is 86.2 Å². The lowest BCUT2D eigenvalue weighted by molar-refractivity contribution is -0.118. The van der Waals surface area contributed by atoms with Crippen molar-refractivity contribution in [2.24, 2.45) is 11.5 Å². The van der Waals surface area contributed by atoms with Crippen molar-refractivity contribution in [2.75, 3.05) is 0 Å². The lowest BCUT2D eigenvalue weighted by Crippen LogP contribution is -2.24. The molecule has 37 heavy (non-hydrogen) atoms. The van der Waals surface area contributed by atoms with Crippen LogP contribution in [0.15, 0.2) is 0 Å². The normalized spacial score (nSPS) is 13.0. The second-order valence-electron chi connectivity index (χ2n) is 9.55. The average Bonchev–Trinajstić information content (AvgIpc) is 2.87. The highest BCUT2D eigenvalue weighted by Gasteiger charge is 2.18. The zero-order chi connectivity index (χ0) is 27.4. The Morgan fingerprint density at radius 3 is 1.03 bits per heavy atom. The Morgan fingerprint density at radius 1 is 0.459 bits per heavy atom. The van der Waals surface area contributed by atoms with Crippen LogP contribution in [-0.4, -0.2) is 22.3 Å². The number of carbonyl (C=O) groups excluding carboxylic acids is 2. The van der Waals surface area contributed by atoms with E-state index in [0.29, 0.717) is 0 Å². The van der Waals surface area contributed by atoms with E-state index in [1.165, 1.54) is 103 Å². The van der Waals surface area contributed by atoms with Crippen molar-refractivity contribution in [3.05, 3.63) is 0 Å². The van der Waals surface area contributed by atoms with E-state index >= 15 is 0 Å². The Morgan fingerprint density at radius 2 is 0.730 bits per heavy atom. The van der Waals surface area contributed by atoms with Crippen LogP contribution in [0.4, 0.5) is 0 Å². The molecule has 0 aromatic rings. The maximum Gasteiger partial charge on any atom is 0.231 e. The van der Waals surface area contributed by atoms with Crippen LogP contribution in [-0.2, 0) is 9.59 Å². The molecule has 0 radical (unpaired) electrons. The molecule has 0 aliphatic rings. The average molecular weight is 649 g/mol. The van der Waals surface area contributed by atoms with E-state index in [-0.39, 0.29) is 22.3 Å². The molecule has 0 aromatic carbocycles. The Kier molecular flexibility index (Phi) is 31.5. The van der Waals surface area contributed by atoms with Gasteiger partial charge in [0, 0.05) is 0 Å². The van der Waals surface area contributed by atoms with Crippen LogP contribution in [0.25, 0.3) is 0 Å². The highest BCUT2D eigenvalue weighted by molar-refractivity contribution is 9.46. The predicted molar refractivity (Wildman–Crippen MR) is 183 cm³/mol. The van der Waals surface area contributed by atoms with E-state index in [1.54, 1.807) is 70.7 Å². The van der Waals surface area contributed by atoms with Gasteiger partial charge < -0.3 is 11.5 Å². The second-order valence-corrected chi connectivity index (χ2v) is 21.1. The molecule has 0 bridgehead atoms. The van der Waals surface area contributed by atoms with Crippen LogP contribution >= 0.6 is 70.7 Å². The smallest absolute Gasteiger partial charge is 0.231 e. The summed E-state index contributed by atoms with van der Waals surface area (Å²) in [7, 11) is 11.4. The minimum Gasteiger partial charge on any atom is -0.369 e. The number of nitrogens with two attached hydrogens (primary N) is 2. The first-order chi connectivity index (χ1) is 18.0. The van der Waals surface area contributed by atoms with Crippen LogP contribution < -0.4 is 11.5 Å². The third-order valence-electron chi connectivity index (χ3n) is 6.20. The number of rotatable bonds is 30. The van der Waals surface area contributed by atoms with Crippen LogP contribution in [0.3, 0.4) is 0 Å². The second kappa shape index (κ2) is 30.4. The number of amides is 2. The molecular weight excluding hydrogens is 597 g/mol. The molecular formula is C26H52N2O2S7. The van der Waals surface area contributed by atoms with Crippen LogP contribution in [0.5, 0.6) is 0 Å². The molecule has 2 amide bonds. The molecule has 0 saturated heterocycles. The van der Waals surface area contributed by atoms with Gasteiger partial charge in [-0.2, -0.15) is 0 Å². The van der Waals surface area contributed by atoms with Crippen molar-refractivity contribution in [2.45, 2.75) is 153 Å². The standard InChI is InChI=1S/C26H52N2O2S7/c1-3-5-7-9-11-13-15-17-19-21-23(25(27)29)31-33-35-37-36-34-32-24(26(28)30)22-20-18-16-14-12-10-8-6-4-2/h23-24H,3-22H2,1-2H3,(H2,27,29)(H2,28,30). The van der Waals surface area contributed by atoms with Gasteiger partial charge in [0.15, 0.2) is 0 Å². The molecule has 0 heterocycles. The Balaban J connectivity index is 3.73. The van der Waals surface area contributed by atoms with Gasteiger partial charge in [0.2, 0.25) is 11.8 Å². The first-order valence-electron chi connectivity index (χ1n) is 14.3. The summed E-state index contributed by atoms with van der Waals surface area (Å²) in [5, 5.41) is -0.240. The summed E-state index contributed by atoms with van der Waals surface area (Å²) >= 11 is 0. The van der Waals surface area contributed by atoms with E-state index < -0.39 is 0 Å². The molecule has 0 aliphatic heterocycles. The van der Waals surface area contributed by atoms with Crippen molar-refractivity contribution in [1.82, 2.24) is 0 Å². The first-order valence-corrected chi connectivity index (χ1v) is 23.2. The molecule has 2 unspecified atom stereocenters. The molecule has 11 heteroatoms. The molecule has 220 valence electrons. The summed E-state index contributed by atoms with van der Waals surface area (Å²) in [5.74, 6) is -0.415. The van der Waals surface area contributed by atoms with E-state index in [9.17, 15) is 9.59 Å². The molecule has 2 atom stereocenters. The van der Waals surface area contributed by atoms with Gasteiger partial charge in [0.25, 0.3) is 0 Å². The minimum absolute atomic E-state index is 0.120. The predicted octanol–water partition coefficient (Wildman–Crippen LogP) is 11.2. The van der Waals surface area contributed by atoms with Gasteiger partial charge in [0.05, 0.1) is 10.5 Å². The monoisotopic (exact) mass is 648 g/mol. The van der Waals surface area contributed by atoms with Crippen molar-refractivity contribution in [3.63, 3.8) is 0 Å². The summed E-state index contributed by atoms with van der Waals surface area (Å²) < 4.78 is 0. The quantitative estimate of drug-likeness (QED) is 0.0583. The van der Waals surface area contributed by atoms with Gasteiger partial charge in [-0.25, -0.2) is 0 Å². The third-order valence-corrected chi connectivity index (χ3v) is 19.9. The maximum absolute atomic E-state index is 11.8. The number of unbranched alkanes of at least 4 members (excludes halogenated alkanes) is 16. The van der Waals surface area contributed by atoms with Crippen molar-refractivity contribution in [3.8, 4) is 0 Å². The van der Waals surface area contributed by atoms with Gasteiger partial charge in [-0.3, -0.25) is 9.59 Å². The molecule has 0 aromatic heterocycles. The zero-order valence-electron chi connectivity index (χ0n) is 23.1. The fourth-order valence-corrected chi connectivity index (χ4v) is 19.0. The zero-order valence-corrected chi connectivity index (χ0v) is 28.8. The summed E-state index contributed by atoms with van der Waals surface area (Å²) in [6.07, 6.45) is 24.8. The van der Waals surface area contributed by atoms with Gasteiger partial charge >= 0.3 is 0 Å². The van der Waals surface area contributed by atoms with E-state index in [2.05, 4.69) is 13.8 Å². The largest absolute Gasteiger partial charge is 0.369 e. The Labute approximate surface area is 254 Å². The Bertz CT molecular complexity index is 489. The van der Waals surface area contributed by atoms with Crippen LogP contribution in [0.1, 0.15) is 142 Å². The maximum atomic E-state index is 11.8. The molecule has 0 aliphatic carbocycles. The van der Waals surface area contributed by atoms with Crippen LogP contribution in [0.2, 0.25) is 0 Å². The summed E-state index contributed by atoms with van der Waals surface area (Å²) in [4.78, 5) is 23.6. The van der Waals surface area contributed by atoms with Gasteiger partial charge in [-0.15, -0.1) is 0 Å². The van der Waals surface area contributed by atoms with E-state index in [4.69, 9.17) is 11.5 Å². The SMILES string of the molecule is CCCCCCCCCCCC(SSSSSSSC(CCCCCCCCCCC)C(N)=O)C(N)=O. The van der Waals surface area contributed by atoms with Crippen molar-refractivity contribution < 1.29 is 9.59 Å².